The van der Waals surface area contributed by atoms with Crippen LogP contribution in [0, 0.1) is 18.8 Å². The van der Waals surface area contributed by atoms with E-state index < -0.39 is 0 Å². The van der Waals surface area contributed by atoms with Crippen molar-refractivity contribution in [2.45, 2.75) is 26.7 Å². The van der Waals surface area contributed by atoms with Gasteiger partial charge in [-0.3, -0.25) is 4.79 Å². The lowest BCUT2D eigenvalue weighted by Crippen LogP contribution is -2.28. The number of unbranched alkanes of at least 4 members (excludes halogenated alkanes) is 1. The number of benzene rings is 1. The number of hydrogen-bond acceptors (Lipinski definition) is 2. The Hall–Kier alpha value is -1.79. The van der Waals surface area contributed by atoms with Crippen molar-refractivity contribution in [1.29, 1.82) is 0 Å². The Morgan fingerprint density at radius 2 is 2.16 bits per heavy atom. The van der Waals surface area contributed by atoms with E-state index in [1.807, 2.05) is 25.1 Å². The minimum Gasteiger partial charge on any atom is -0.384 e. The second kappa shape index (κ2) is 7.60. The Labute approximate surface area is 115 Å². The maximum absolute atomic E-state index is 12.3. The van der Waals surface area contributed by atoms with Gasteiger partial charge in [-0.15, -0.1) is 0 Å². The van der Waals surface area contributed by atoms with Crippen molar-refractivity contribution in [3.63, 3.8) is 0 Å². The third-order valence-corrected chi connectivity index (χ3v) is 2.90. The lowest BCUT2D eigenvalue weighted by Gasteiger charge is -2.17. The highest BCUT2D eigenvalue weighted by Crippen LogP contribution is 2.13. The summed E-state index contributed by atoms with van der Waals surface area (Å²) in [6.07, 6.45) is 2.05. The number of carbonyl (C=O) groups is 1. The van der Waals surface area contributed by atoms with Gasteiger partial charge >= 0.3 is 0 Å². The molecule has 0 bridgehead atoms. The average Bonchev–Trinajstić information content (AvgIpc) is 2.41. The Morgan fingerprint density at radius 3 is 2.79 bits per heavy atom. The molecule has 1 rings (SSSR count). The summed E-state index contributed by atoms with van der Waals surface area (Å²) in [5, 5.41) is 8.78. The van der Waals surface area contributed by atoms with Gasteiger partial charge in [0.2, 0.25) is 0 Å². The van der Waals surface area contributed by atoms with E-state index in [-0.39, 0.29) is 12.5 Å². The first kappa shape index (κ1) is 15.3. The van der Waals surface area contributed by atoms with E-state index in [1.165, 1.54) is 0 Å². The van der Waals surface area contributed by atoms with Crippen LogP contribution >= 0.6 is 0 Å². The second-order valence-electron chi connectivity index (χ2n) is 4.59. The molecule has 0 radical (unpaired) electrons. The van der Waals surface area contributed by atoms with E-state index in [2.05, 4.69) is 18.8 Å². The molecular formula is C16H21NO2. The first-order valence-electron chi connectivity index (χ1n) is 6.56. The summed E-state index contributed by atoms with van der Waals surface area (Å²) in [5.41, 5.74) is 2.34. The molecule has 1 aromatic carbocycles. The monoisotopic (exact) mass is 259 g/mol. The molecule has 3 heteroatoms. The van der Waals surface area contributed by atoms with Crippen LogP contribution in [0.5, 0.6) is 0 Å². The van der Waals surface area contributed by atoms with Gasteiger partial charge in [-0.1, -0.05) is 31.3 Å². The summed E-state index contributed by atoms with van der Waals surface area (Å²) >= 11 is 0. The molecule has 0 aliphatic carbocycles. The lowest BCUT2D eigenvalue weighted by molar-refractivity contribution is 0.0793. The van der Waals surface area contributed by atoms with Gasteiger partial charge in [0.1, 0.15) is 6.61 Å². The molecule has 0 fully saturated rings. The number of aliphatic hydroxyl groups excluding tert-OH is 1. The summed E-state index contributed by atoms with van der Waals surface area (Å²) in [7, 11) is 1.81. The molecule has 102 valence electrons. The van der Waals surface area contributed by atoms with Crippen LogP contribution in [0.25, 0.3) is 0 Å². The Morgan fingerprint density at radius 1 is 1.42 bits per heavy atom. The van der Waals surface area contributed by atoms with Gasteiger partial charge in [0, 0.05) is 19.2 Å². The standard InChI is InChI=1S/C16H21NO2/c1-4-5-10-17(3)16(19)15-9-8-13(2)12-14(15)7-6-11-18/h8-9,12,18H,4-5,10-11H2,1-3H3. The van der Waals surface area contributed by atoms with Crippen LogP contribution in [0.15, 0.2) is 18.2 Å². The molecule has 0 spiro atoms. The maximum atomic E-state index is 12.3. The van der Waals surface area contributed by atoms with Crippen LogP contribution in [-0.4, -0.2) is 36.1 Å². The number of carbonyl (C=O) groups excluding carboxylic acids is 1. The van der Waals surface area contributed by atoms with Crippen molar-refractivity contribution in [3.8, 4) is 11.8 Å². The molecule has 0 unspecified atom stereocenters. The largest absolute Gasteiger partial charge is 0.384 e. The number of hydrogen-bond donors (Lipinski definition) is 1. The zero-order chi connectivity index (χ0) is 14.3. The molecular weight excluding hydrogens is 238 g/mol. The van der Waals surface area contributed by atoms with Gasteiger partial charge in [-0.05, 0) is 31.0 Å². The quantitative estimate of drug-likeness (QED) is 0.842. The van der Waals surface area contributed by atoms with Gasteiger partial charge in [-0.2, -0.15) is 0 Å². The summed E-state index contributed by atoms with van der Waals surface area (Å²) < 4.78 is 0. The number of aliphatic hydroxyl groups is 1. The van der Waals surface area contributed by atoms with Crippen molar-refractivity contribution in [2.24, 2.45) is 0 Å². The second-order valence-corrected chi connectivity index (χ2v) is 4.59. The molecule has 1 amide bonds. The van der Waals surface area contributed by atoms with E-state index in [4.69, 9.17) is 5.11 Å². The third kappa shape index (κ3) is 4.42. The fourth-order valence-corrected chi connectivity index (χ4v) is 1.79. The SMILES string of the molecule is CCCCN(C)C(=O)c1ccc(C)cc1C#CCO. The van der Waals surface area contributed by atoms with E-state index in [0.29, 0.717) is 11.1 Å². The fraction of sp³-hybridized carbons (Fsp3) is 0.438. The topological polar surface area (TPSA) is 40.5 Å². The fourth-order valence-electron chi connectivity index (χ4n) is 1.79. The van der Waals surface area contributed by atoms with Crippen molar-refractivity contribution in [2.75, 3.05) is 20.2 Å². The zero-order valence-electron chi connectivity index (χ0n) is 11.9. The number of aryl methyl sites for hydroxylation is 1. The van der Waals surface area contributed by atoms with Crippen molar-refractivity contribution >= 4 is 5.91 Å². The molecule has 1 N–H and O–H groups in total. The highest BCUT2D eigenvalue weighted by Gasteiger charge is 2.14. The van der Waals surface area contributed by atoms with E-state index in [1.54, 1.807) is 11.9 Å². The predicted molar refractivity (Wildman–Crippen MR) is 77.0 cm³/mol. The molecule has 19 heavy (non-hydrogen) atoms. The normalized spacial score (nSPS) is 9.68. The first-order valence-corrected chi connectivity index (χ1v) is 6.56. The van der Waals surface area contributed by atoms with Crippen LogP contribution in [0.1, 0.15) is 41.3 Å². The number of amides is 1. The van der Waals surface area contributed by atoms with Crippen molar-refractivity contribution in [3.05, 3.63) is 34.9 Å². The molecule has 0 atom stereocenters. The molecule has 0 heterocycles. The van der Waals surface area contributed by atoms with E-state index >= 15 is 0 Å². The molecule has 0 saturated heterocycles. The molecule has 0 aliphatic rings. The van der Waals surface area contributed by atoms with Crippen molar-refractivity contribution < 1.29 is 9.90 Å². The number of nitrogens with zero attached hydrogens (tertiary/aromatic N) is 1. The Kier molecular flexibility index (Phi) is 6.11. The minimum absolute atomic E-state index is 0.0179. The van der Waals surface area contributed by atoms with Crippen molar-refractivity contribution in [1.82, 2.24) is 4.90 Å². The van der Waals surface area contributed by atoms with Crippen LogP contribution in [-0.2, 0) is 0 Å². The van der Waals surface area contributed by atoms with Crippen LogP contribution in [0.3, 0.4) is 0 Å². The minimum atomic E-state index is -0.201. The Balaban J connectivity index is 3.01. The molecule has 0 aromatic heterocycles. The summed E-state index contributed by atoms with van der Waals surface area (Å²) in [6, 6.07) is 5.59. The highest BCUT2D eigenvalue weighted by atomic mass is 16.2. The van der Waals surface area contributed by atoms with Crippen LogP contribution < -0.4 is 0 Å². The van der Waals surface area contributed by atoms with Gasteiger partial charge in [0.15, 0.2) is 0 Å². The highest BCUT2D eigenvalue weighted by molar-refractivity contribution is 5.96. The molecule has 1 aromatic rings. The summed E-state index contributed by atoms with van der Waals surface area (Å²) in [6.45, 7) is 4.60. The molecule has 0 aliphatic heterocycles. The van der Waals surface area contributed by atoms with E-state index in [0.717, 1.165) is 24.9 Å². The summed E-state index contributed by atoms with van der Waals surface area (Å²) in [4.78, 5) is 14.1. The smallest absolute Gasteiger partial charge is 0.254 e. The maximum Gasteiger partial charge on any atom is 0.254 e. The first-order chi connectivity index (χ1) is 9.10. The van der Waals surface area contributed by atoms with Gasteiger partial charge < -0.3 is 10.0 Å². The zero-order valence-corrected chi connectivity index (χ0v) is 11.9. The van der Waals surface area contributed by atoms with E-state index in [9.17, 15) is 4.79 Å². The van der Waals surface area contributed by atoms with Gasteiger partial charge in [0.05, 0.1) is 5.56 Å². The van der Waals surface area contributed by atoms with Gasteiger partial charge in [-0.25, -0.2) is 0 Å². The predicted octanol–water partition coefficient (Wildman–Crippen LogP) is 2.21. The third-order valence-electron chi connectivity index (χ3n) is 2.90. The van der Waals surface area contributed by atoms with Crippen LogP contribution in [0.2, 0.25) is 0 Å². The summed E-state index contributed by atoms with van der Waals surface area (Å²) in [5.74, 6) is 5.43. The number of rotatable bonds is 4. The lowest BCUT2D eigenvalue weighted by atomic mass is 10.0. The molecule has 3 nitrogen and oxygen atoms in total. The average molecular weight is 259 g/mol. The Bertz CT molecular complexity index is 497. The van der Waals surface area contributed by atoms with Gasteiger partial charge in [0.25, 0.3) is 5.91 Å². The van der Waals surface area contributed by atoms with Crippen LogP contribution in [0.4, 0.5) is 0 Å². The molecule has 0 saturated carbocycles.